The zero-order valence-electron chi connectivity index (χ0n) is 7.21. The zero-order valence-corrected chi connectivity index (χ0v) is 7.21. The van der Waals surface area contributed by atoms with Crippen molar-refractivity contribution in [1.82, 2.24) is 4.90 Å². The van der Waals surface area contributed by atoms with Gasteiger partial charge in [-0.3, -0.25) is 4.99 Å². The third-order valence-electron chi connectivity index (χ3n) is 2.16. The molecule has 1 rings (SSSR count). The van der Waals surface area contributed by atoms with Crippen LogP contribution in [0.1, 0.15) is 25.7 Å². The minimum atomic E-state index is 0.701. The predicted molar refractivity (Wildman–Crippen MR) is 47.6 cm³/mol. The first-order valence-corrected chi connectivity index (χ1v) is 4.32. The summed E-state index contributed by atoms with van der Waals surface area (Å²) in [5.41, 5.74) is 5.69. The van der Waals surface area contributed by atoms with Crippen molar-refractivity contribution in [3.63, 3.8) is 0 Å². The Balaban J connectivity index is 2.42. The number of guanidine groups is 1. The number of hydrogen-bond donors (Lipinski definition) is 1. The molecule has 64 valence electrons. The van der Waals surface area contributed by atoms with Crippen molar-refractivity contribution in [3.8, 4) is 0 Å². The van der Waals surface area contributed by atoms with Crippen LogP contribution >= 0.6 is 0 Å². The highest BCUT2D eigenvalue weighted by molar-refractivity contribution is 5.77. The SMILES string of the molecule is CN=C(N)N1CCCCCC1. The molecule has 1 aliphatic rings. The molecule has 0 spiro atoms. The molecule has 1 heterocycles. The maximum atomic E-state index is 5.69. The summed E-state index contributed by atoms with van der Waals surface area (Å²) in [6.07, 6.45) is 5.20. The lowest BCUT2D eigenvalue weighted by atomic mass is 10.2. The molecule has 0 saturated carbocycles. The van der Waals surface area contributed by atoms with E-state index in [9.17, 15) is 0 Å². The van der Waals surface area contributed by atoms with Crippen LogP contribution in [0.5, 0.6) is 0 Å². The molecule has 0 unspecified atom stereocenters. The van der Waals surface area contributed by atoms with Crippen LogP contribution in [0, 0.1) is 0 Å². The van der Waals surface area contributed by atoms with E-state index in [1.54, 1.807) is 7.05 Å². The molecule has 0 radical (unpaired) electrons. The number of nitrogens with zero attached hydrogens (tertiary/aromatic N) is 2. The summed E-state index contributed by atoms with van der Waals surface area (Å²) in [7, 11) is 1.75. The average Bonchev–Trinajstić information content (AvgIpc) is 2.30. The fourth-order valence-electron chi connectivity index (χ4n) is 1.44. The van der Waals surface area contributed by atoms with Gasteiger partial charge >= 0.3 is 0 Å². The Morgan fingerprint density at radius 2 is 1.73 bits per heavy atom. The van der Waals surface area contributed by atoms with E-state index >= 15 is 0 Å². The minimum Gasteiger partial charge on any atom is -0.370 e. The molecule has 0 aromatic rings. The van der Waals surface area contributed by atoms with Gasteiger partial charge in [0.15, 0.2) is 5.96 Å². The van der Waals surface area contributed by atoms with Crippen molar-refractivity contribution in [3.05, 3.63) is 0 Å². The van der Waals surface area contributed by atoms with Crippen molar-refractivity contribution < 1.29 is 0 Å². The maximum Gasteiger partial charge on any atom is 0.190 e. The molecule has 0 amide bonds. The third-order valence-corrected chi connectivity index (χ3v) is 2.16. The Morgan fingerprint density at radius 3 is 2.18 bits per heavy atom. The van der Waals surface area contributed by atoms with Crippen molar-refractivity contribution in [2.24, 2.45) is 10.7 Å². The van der Waals surface area contributed by atoms with Gasteiger partial charge in [-0.2, -0.15) is 0 Å². The normalized spacial score (nSPS) is 21.5. The Hall–Kier alpha value is -0.730. The molecular formula is C8H17N3. The monoisotopic (exact) mass is 155 g/mol. The first-order valence-electron chi connectivity index (χ1n) is 4.32. The van der Waals surface area contributed by atoms with Crippen LogP contribution in [0.4, 0.5) is 0 Å². The Kier molecular flexibility index (Phi) is 3.20. The number of rotatable bonds is 0. The average molecular weight is 155 g/mol. The van der Waals surface area contributed by atoms with Gasteiger partial charge in [0.25, 0.3) is 0 Å². The van der Waals surface area contributed by atoms with Crippen molar-refractivity contribution in [2.75, 3.05) is 20.1 Å². The molecule has 2 N–H and O–H groups in total. The third kappa shape index (κ3) is 2.41. The minimum absolute atomic E-state index is 0.701. The van der Waals surface area contributed by atoms with E-state index in [1.807, 2.05) is 0 Å². The molecule has 11 heavy (non-hydrogen) atoms. The standard InChI is InChI=1S/C8H17N3/c1-10-8(9)11-6-4-2-3-5-7-11/h2-7H2,1H3,(H2,9,10). The first-order chi connectivity index (χ1) is 5.34. The molecule has 1 aliphatic heterocycles. The Bertz CT molecular complexity index is 134. The molecule has 0 bridgehead atoms. The second-order valence-corrected chi connectivity index (χ2v) is 2.98. The number of hydrogen-bond acceptors (Lipinski definition) is 1. The highest BCUT2D eigenvalue weighted by Gasteiger charge is 2.09. The maximum absolute atomic E-state index is 5.69. The van der Waals surface area contributed by atoms with E-state index in [4.69, 9.17) is 5.73 Å². The van der Waals surface area contributed by atoms with Gasteiger partial charge in [-0.1, -0.05) is 12.8 Å². The van der Waals surface area contributed by atoms with Gasteiger partial charge in [0.2, 0.25) is 0 Å². The van der Waals surface area contributed by atoms with Gasteiger partial charge in [0.1, 0.15) is 0 Å². The van der Waals surface area contributed by atoms with Crippen molar-refractivity contribution >= 4 is 5.96 Å². The van der Waals surface area contributed by atoms with Gasteiger partial charge < -0.3 is 10.6 Å². The Labute approximate surface area is 68.3 Å². The second kappa shape index (κ2) is 4.21. The highest BCUT2D eigenvalue weighted by atomic mass is 15.2. The van der Waals surface area contributed by atoms with Crippen LogP contribution in [-0.2, 0) is 0 Å². The summed E-state index contributed by atoms with van der Waals surface area (Å²) in [6.45, 7) is 2.17. The second-order valence-electron chi connectivity index (χ2n) is 2.98. The number of aliphatic imine (C=N–C) groups is 1. The van der Waals surface area contributed by atoms with Crippen molar-refractivity contribution in [1.29, 1.82) is 0 Å². The van der Waals surface area contributed by atoms with Crippen LogP contribution in [-0.4, -0.2) is 31.0 Å². The molecular weight excluding hydrogens is 138 g/mol. The fraction of sp³-hybridized carbons (Fsp3) is 0.875. The lowest BCUT2D eigenvalue weighted by Gasteiger charge is -2.20. The topological polar surface area (TPSA) is 41.6 Å². The summed E-state index contributed by atoms with van der Waals surface area (Å²) in [6, 6.07) is 0. The Morgan fingerprint density at radius 1 is 1.18 bits per heavy atom. The van der Waals surface area contributed by atoms with Crippen LogP contribution in [0.25, 0.3) is 0 Å². The summed E-state index contributed by atoms with van der Waals surface area (Å²) < 4.78 is 0. The predicted octanol–water partition coefficient (Wildman–Crippen LogP) is 0.807. The van der Waals surface area contributed by atoms with Gasteiger partial charge in [-0.05, 0) is 12.8 Å². The van der Waals surface area contributed by atoms with Gasteiger partial charge in [0, 0.05) is 20.1 Å². The van der Waals surface area contributed by atoms with Crippen molar-refractivity contribution in [2.45, 2.75) is 25.7 Å². The smallest absolute Gasteiger partial charge is 0.190 e. The summed E-state index contributed by atoms with van der Waals surface area (Å²) in [5, 5.41) is 0. The summed E-state index contributed by atoms with van der Waals surface area (Å²) in [4.78, 5) is 6.15. The number of nitrogens with two attached hydrogens (primary N) is 1. The van der Waals surface area contributed by atoms with Crippen LogP contribution in [0.2, 0.25) is 0 Å². The van der Waals surface area contributed by atoms with Gasteiger partial charge in [0.05, 0.1) is 0 Å². The molecule has 0 aromatic carbocycles. The van der Waals surface area contributed by atoms with E-state index in [1.165, 1.54) is 25.7 Å². The van der Waals surface area contributed by atoms with Gasteiger partial charge in [-0.25, -0.2) is 0 Å². The molecule has 0 atom stereocenters. The highest BCUT2D eigenvalue weighted by Crippen LogP contribution is 2.08. The zero-order chi connectivity index (χ0) is 8.10. The largest absolute Gasteiger partial charge is 0.370 e. The van der Waals surface area contributed by atoms with E-state index < -0.39 is 0 Å². The number of likely N-dealkylation sites (tertiary alicyclic amines) is 1. The fourth-order valence-corrected chi connectivity index (χ4v) is 1.44. The van der Waals surface area contributed by atoms with Gasteiger partial charge in [-0.15, -0.1) is 0 Å². The van der Waals surface area contributed by atoms with Crippen LogP contribution in [0.3, 0.4) is 0 Å². The molecule has 0 aliphatic carbocycles. The molecule has 3 heteroatoms. The quantitative estimate of drug-likeness (QED) is 0.415. The van der Waals surface area contributed by atoms with E-state index in [0.29, 0.717) is 5.96 Å². The molecule has 0 aromatic heterocycles. The lowest BCUT2D eigenvalue weighted by Crippen LogP contribution is -2.37. The molecule has 1 saturated heterocycles. The lowest BCUT2D eigenvalue weighted by molar-refractivity contribution is 0.430. The molecule has 3 nitrogen and oxygen atoms in total. The first kappa shape index (κ1) is 8.37. The summed E-state index contributed by atoms with van der Waals surface area (Å²) in [5.74, 6) is 0.701. The van der Waals surface area contributed by atoms with E-state index in [-0.39, 0.29) is 0 Å². The van der Waals surface area contributed by atoms with E-state index in [2.05, 4.69) is 9.89 Å². The van der Waals surface area contributed by atoms with Crippen LogP contribution < -0.4 is 5.73 Å². The summed E-state index contributed by atoms with van der Waals surface area (Å²) >= 11 is 0. The van der Waals surface area contributed by atoms with Crippen LogP contribution in [0.15, 0.2) is 4.99 Å². The molecule has 1 fully saturated rings. The van der Waals surface area contributed by atoms with E-state index in [0.717, 1.165) is 13.1 Å².